The van der Waals surface area contributed by atoms with Crippen molar-refractivity contribution in [2.45, 2.75) is 44.8 Å². The van der Waals surface area contributed by atoms with Crippen LogP contribution < -0.4 is 4.74 Å². The van der Waals surface area contributed by atoms with E-state index in [0.29, 0.717) is 17.4 Å². The third-order valence-corrected chi connectivity index (χ3v) is 4.89. The molecule has 0 bridgehead atoms. The molecule has 1 saturated carbocycles. The Morgan fingerprint density at radius 3 is 2.76 bits per heavy atom. The molecule has 1 atom stereocenters. The highest BCUT2D eigenvalue weighted by molar-refractivity contribution is 7.91. The molecule has 0 heterocycles. The Morgan fingerprint density at radius 1 is 1.43 bits per heavy atom. The van der Waals surface area contributed by atoms with Crippen LogP contribution in [0.4, 0.5) is 0 Å². The van der Waals surface area contributed by atoms with Crippen molar-refractivity contribution < 1.29 is 9.29 Å². The lowest BCUT2D eigenvalue weighted by Crippen LogP contribution is -2.25. The highest BCUT2D eigenvalue weighted by Gasteiger charge is 2.25. The predicted molar refractivity (Wildman–Crippen MR) is 89.8 cm³/mol. The van der Waals surface area contributed by atoms with Crippen LogP contribution in [0.1, 0.15) is 39.2 Å². The summed E-state index contributed by atoms with van der Waals surface area (Å²) in [6.45, 7) is 6.47. The first-order valence-corrected chi connectivity index (χ1v) is 8.70. The third-order valence-electron chi connectivity index (χ3n) is 3.19. The molecule has 1 aromatic rings. The summed E-state index contributed by atoms with van der Waals surface area (Å²) in [5, 5.41) is 0.634. The third kappa shape index (κ3) is 5.53. The van der Waals surface area contributed by atoms with Gasteiger partial charge < -0.3 is 9.29 Å². The van der Waals surface area contributed by atoms with E-state index in [1.54, 1.807) is 6.21 Å². The van der Waals surface area contributed by atoms with E-state index in [1.807, 2.05) is 39.0 Å². The first kappa shape index (κ1) is 16.7. The fourth-order valence-corrected chi connectivity index (χ4v) is 2.34. The zero-order chi connectivity index (χ0) is 15.5. The van der Waals surface area contributed by atoms with Gasteiger partial charge in [0.05, 0.1) is 17.8 Å². The number of ether oxygens (including phenoxy) is 1. The van der Waals surface area contributed by atoms with Crippen LogP contribution in [0.15, 0.2) is 22.6 Å². The largest absolute Gasteiger partial charge is 0.591 e. The number of hydrogen-bond donors (Lipinski definition) is 0. The molecule has 0 N–H and O–H groups in total. The van der Waals surface area contributed by atoms with Crippen LogP contribution >= 0.6 is 11.6 Å². The van der Waals surface area contributed by atoms with Crippen LogP contribution in [0.5, 0.6) is 5.75 Å². The summed E-state index contributed by atoms with van der Waals surface area (Å²) in [7, 11) is 0. The number of rotatable bonds is 6. The molecular weight excluding hydrogens is 306 g/mol. The predicted octanol–water partition coefficient (Wildman–Crippen LogP) is 4.20. The Morgan fingerprint density at radius 2 is 2.14 bits per heavy atom. The highest BCUT2D eigenvalue weighted by Crippen LogP contribution is 2.32. The first-order chi connectivity index (χ1) is 9.86. The smallest absolute Gasteiger partial charge is 0.144 e. The molecule has 0 aliphatic heterocycles. The van der Waals surface area contributed by atoms with Crippen molar-refractivity contribution in [3.63, 3.8) is 0 Å². The molecule has 0 amide bonds. The van der Waals surface area contributed by atoms with E-state index in [2.05, 4.69) is 4.40 Å². The second-order valence-corrected chi connectivity index (χ2v) is 8.71. The van der Waals surface area contributed by atoms with Gasteiger partial charge in [-0.15, -0.1) is 0 Å². The molecule has 0 saturated heterocycles. The first-order valence-electron chi connectivity index (χ1n) is 7.22. The Hall–Kier alpha value is -0.710. The summed E-state index contributed by atoms with van der Waals surface area (Å²) in [5.41, 5.74) is 1.06. The molecule has 21 heavy (non-hydrogen) atoms. The Balaban J connectivity index is 1.93. The minimum atomic E-state index is -1.21. The molecule has 2 rings (SSSR count). The molecule has 1 aliphatic carbocycles. The maximum absolute atomic E-state index is 11.8. The van der Waals surface area contributed by atoms with Crippen LogP contribution in [0.25, 0.3) is 0 Å². The quantitative estimate of drug-likeness (QED) is 0.580. The van der Waals surface area contributed by atoms with Gasteiger partial charge in [-0.25, -0.2) is 0 Å². The standard InChI is InChI=1S/C16H22ClNO2S/c1-16(2,3)21(19)18-9-8-12-6-7-14(17)15(10-12)20-11-13-4-5-13/h6-7,9-10,13H,4-5,8,11H2,1-3H3. The Bertz CT molecular complexity index is 509. The second-order valence-electron chi connectivity index (χ2n) is 6.37. The van der Waals surface area contributed by atoms with Gasteiger partial charge in [0, 0.05) is 6.42 Å². The van der Waals surface area contributed by atoms with Crippen LogP contribution in [0.2, 0.25) is 5.02 Å². The van der Waals surface area contributed by atoms with Crippen molar-refractivity contribution >= 4 is 29.2 Å². The van der Waals surface area contributed by atoms with Gasteiger partial charge in [-0.3, -0.25) is 0 Å². The monoisotopic (exact) mass is 327 g/mol. The van der Waals surface area contributed by atoms with Gasteiger partial charge in [0.25, 0.3) is 0 Å². The van der Waals surface area contributed by atoms with Gasteiger partial charge in [-0.1, -0.05) is 22.1 Å². The van der Waals surface area contributed by atoms with Crippen molar-refractivity contribution in [1.29, 1.82) is 0 Å². The summed E-state index contributed by atoms with van der Waals surface area (Å²) in [5.74, 6) is 1.42. The van der Waals surface area contributed by atoms with E-state index >= 15 is 0 Å². The van der Waals surface area contributed by atoms with Crippen LogP contribution in [-0.2, 0) is 17.8 Å². The van der Waals surface area contributed by atoms with Gasteiger partial charge in [0.15, 0.2) is 0 Å². The lowest BCUT2D eigenvalue weighted by Gasteiger charge is -2.17. The van der Waals surface area contributed by atoms with E-state index in [0.717, 1.165) is 17.9 Å². The van der Waals surface area contributed by atoms with E-state index < -0.39 is 11.4 Å². The van der Waals surface area contributed by atoms with E-state index in [4.69, 9.17) is 16.3 Å². The molecule has 0 radical (unpaired) electrons. The van der Waals surface area contributed by atoms with Crippen molar-refractivity contribution in [1.82, 2.24) is 0 Å². The summed E-state index contributed by atoms with van der Waals surface area (Å²) >= 11 is 4.93. The second kappa shape index (κ2) is 7.03. The molecule has 1 aliphatic rings. The average molecular weight is 328 g/mol. The van der Waals surface area contributed by atoms with Crippen molar-refractivity contribution in [3.05, 3.63) is 28.8 Å². The molecule has 0 aromatic heterocycles. The average Bonchev–Trinajstić information content (AvgIpc) is 3.22. The zero-order valence-electron chi connectivity index (χ0n) is 12.8. The molecule has 116 valence electrons. The molecule has 5 heteroatoms. The van der Waals surface area contributed by atoms with Crippen molar-refractivity contribution in [2.75, 3.05) is 6.61 Å². The summed E-state index contributed by atoms with van der Waals surface area (Å²) in [4.78, 5) is 0. The van der Waals surface area contributed by atoms with Crippen LogP contribution in [0, 0.1) is 5.92 Å². The van der Waals surface area contributed by atoms with Gasteiger partial charge in [-0.05, 0) is 57.2 Å². The number of benzene rings is 1. The minimum absolute atomic E-state index is 0.324. The van der Waals surface area contributed by atoms with Gasteiger partial charge in [-0.2, -0.15) is 0 Å². The minimum Gasteiger partial charge on any atom is -0.591 e. The van der Waals surface area contributed by atoms with E-state index in [1.165, 1.54) is 12.8 Å². The Labute approximate surface area is 135 Å². The zero-order valence-corrected chi connectivity index (χ0v) is 14.3. The maximum atomic E-state index is 11.8. The van der Waals surface area contributed by atoms with Crippen molar-refractivity contribution in [3.8, 4) is 5.75 Å². The topological polar surface area (TPSA) is 44.7 Å². The van der Waals surface area contributed by atoms with Crippen LogP contribution in [0.3, 0.4) is 0 Å². The number of nitrogens with zero attached hydrogens (tertiary/aromatic N) is 1. The fourth-order valence-electron chi connectivity index (χ4n) is 1.65. The summed E-state index contributed by atoms with van der Waals surface area (Å²) < 4.78 is 21.4. The maximum Gasteiger partial charge on any atom is 0.144 e. The van der Waals surface area contributed by atoms with E-state index in [9.17, 15) is 4.55 Å². The van der Waals surface area contributed by atoms with Crippen LogP contribution in [-0.4, -0.2) is 22.1 Å². The number of hydrogen-bond acceptors (Lipinski definition) is 3. The van der Waals surface area contributed by atoms with Gasteiger partial charge >= 0.3 is 0 Å². The molecule has 3 nitrogen and oxygen atoms in total. The fraction of sp³-hybridized carbons (Fsp3) is 0.562. The molecule has 1 aromatic carbocycles. The SMILES string of the molecule is CC(C)(C)[S+]([O-])N=CCc1ccc(Cl)c(OCC2CC2)c1. The summed E-state index contributed by atoms with van der Waals surface area (Å²) in [6, 6.07) is 5.72. The molecule has 0 spiro atoms. The van der Waals surface area contributed by atoms with E-state index in [-0.39, 0.29) is 4.75 Å². The lowest BCUT2D eigenvalue weighted by molar-refractivity contribution is 0.300. The molecule has 1 unspecified atom stereocenters. The normalized spacial score (nSPS) is 17.2. The summed E-state index contributed by atoms with van der Waals surface area (Å²) in [6.07, 6.45) is 4.83. The highest BCUT2D eigenvalue weighted by atomic mass is 35.5. The Kier molecular flexibility index (Phi) is 5.58. The molecule has 1 fully saturated rings. The van der Waals surface area contributed by atoms with Gasteiger partial charge in [0.1, 0.15) is 21.9 Å². The lowest BCUT2D eigenvalue weighted by atomic mass is 10.1. The van der Waals surface area contributed by atoms with Crippen molar-refractivity contribution in [2.24, 2.45) is 10.3 Å². The number of halogens is 1. The molecular formula is C16H22ClNO2S. The van der Waals surface area contributed by atoms with Gasteiger partial charge in [0.2, 0.25) is 0 Å².